The number of benzene rings is 1. The van der Waals surface area contributed by atoms with Gasteiger partial charge in [0.2, 0.25) is 0 Å². The minimum absolute atomic E-state index is 0.423. The molecule has 16 heavy (non-hydrogen) atoms. The lowest BCUT2D eigenvalue weighted by Crippen LogP contribution is -2.31. The molecule has 1 aliphatic heterocycles. The Morgan fingerprint density at radius 3 is 2.75 bits per heavy atom. The van der Waals surface area contributed by atoms with Crippen LogP contribution in [0.1, 0.15) is 5.56 Å². The zero-order valence-electron chi connectivity index (χ0n) is 8.61. The standard InChI is InChI=1S/C13H12O3/c14-11-7-9-13(15)16-12(11)8-6-10-4-2-1-3-5-10/h1-9,11-12,14H/b8-6+/t11-,12-/m0/s1. The van der Waals surface area contributed by atoms with Crippen LogP contribution in [0, 0.1) is 0 Å². The van der Waals surface area contributed by atoms with E-state index in [2.05, 4.69) is 0 Å². The third kappa shape index (κ3) is 2.58. The molecule has 0 unspecified atom stereocenters. The van der Waals surface area contributed by atoms with Crippen molar-refractivity contribution < 1.29 is 14.6 Å². The molecule has 0 radical (unpaired) electrons. The molecule has 82 valence electrons. The van der Waals surface area contributed by atoms with Gasteiger partial charge in [0, 0.05) is 6.08 Å². The molecule has 3 nitrogen and oxygen atoms in total. The number of aliphatic hydroxyl groups is 1. The quantitative estimate of drug-likeness (QED) is 0.763. The van der Waals surface area contributed by atoms with E-state index in [1.165, 1.54) is 12.2 Å². The zero-order chi connectivity index (χ0) is 11.4. The van der Waals surface area contributed by atoms with Crippen LogP contribution in [-0.2, 0) is 9.53 Å². The molecule has 2 atom stereocenters. The summed E-state index contributed by atoms with van der Waals surface area (Å²) in [6.45, 7) is 0. The van der Waals surface area contributed by atoms with Crippen LogP contribution < -0.4 is 0 Å². The maximum Gasteiger partial charge on any atom is 0.331 e. The summed E-state index contributed by atoms with van der Waals surface area (Å²) >= 11 is 0. The summed E-state index contributed by atoms with van der Waals surface area (Å²) in [5, 5.41) is 9.55. The van der Waals surface area contributed by atoms with E-state index in [9.17, 15) is 9.90 Å². The summed E-state index contributed by atoms with van der Waals surface area (Å²) in [6, 6.07) is 9.63. The highest BCUT2D eigenvalue weighted by Gasteiger charge is 2.21. The maximum absolute atomic E-state index is 11.0. The molecule has 0 fully saturated rings. The van der Waals surface area contributed by atoms with E-state index in [1.54, 1.807) is 6.08 Å². The van der Waals surface area contributed by atoms with Crippen LogP contribution in [0.2, 0.25) is 0 Å². The van der Waals surface area contributed by atoms with Crippen molar-refractivity contribution in [1.82, 2.24) is 0 Å². The van der Waals surface area contributed by atoms with Crippen molar-refractivity contribution in [3.63, 3.8) is 0 Å². The molecule has 0 bridgehead atoms. The van der Waals surface area contributed by atoms with E-state index in [1.807, 2.05) is 36.4 Å². The summed E-state index contributed by atoms with van der Waals surface area (Å²) < 4.78 is 4.96. The normalized spacial score (nSPS) is 24.7. The van der Waals surface area contributed by atoms with E-state index >= 15 is 0 Å². The van der Waals surface area contributed by atoms with Crippen molar-refractivity contribution in [2.24, 2.45) is 0 Å². The Kier molecular flexibility index (Phi) is 3.17. The van der Waals surface area contributed by atoms with Crippen molar-refractivity contribution in [1.29, 1.82) is 0 Å². The summed E-state index contributed by atoms with van der Waals surface area (Å²) in [6.07, 6.45) is 4.81. The molecule has 1 aromatic carbocycles. The molecule has 0 aromatic heterocycles. The van der Waals surface area contributed by atoms with Crippen LogP contribution in [-0.4, -0.2) is 23.3 Å². The highest BCUT2D eigenvalue weighted by atomic mass is 16.6. The number of rotatable bonds is 2. The number of ether oxygens (including phenoxy) is 1. The summed E-state index contributed by atoms with van der Waals surface area (Å²) in [7, 11) is 0. The van der Waals surface area contributed by atoms with Crippen molar-refractivity contribution >= 4 is 12.0 Å². The van der Waals surface area contributed by atoms with Gasteiger partial charge < -0.3 is 9.84 Å². The minimum atomic E-state index is -0.766. The number of aliphatic hydroxyl groups excluding tert-OH is 1. The first-order chi connectivity index (χ1) is 7.75. The molecule has 0 saturated heterocycles. The van der Waals surface area contributed by atoms with Gasteiger partial charge in [0.25, 0.3) is 0 Å². The second kappa shape index (κ2) is 4.77. The van der Waals surface area contributed by atoms with Crippen LogP contribution in [0.5, 0.6) is 0 Å². The van der Waals surface area contributed by atoms with Gasteiger partial charge in [-0.15, -0.1) is 0 Å². The second-order valence-electron chi connectivity index (χ2n) is 3.52. The van der Waals surface area contributed by atoms with Crippen LogP contribution in [0.15, 0.2) is 48.6 Å². The molecule has 0 spiro atoms. The van der Waals surface area contributed by atoms with Gasteiger partial charge in [0.15, 0.2) is 0 Å². The third-order valence-electron chi connectivity index (χ3n) is 2.30. The Morgan fingerprint density at radius 1 is 1.25 bits per heavy atom. The molecule has 0 amide bonds. The van der Waals surface area contributed by atoms with Gasteiger partial charge in [0.05, 0.1) is 0 Å². The molecular weight excluding hydrogens is 204 g/mol. The molecule has 1 N–H and O–H groups in total. The lowest BCUT2D eigenvalue weighted by atomic mass is 10.1. The highest BCUT2D eigenvalue weighted by Crippen LogP contribution is 2.12. The van der Waals surface area contributed by atoms with E-state index in [4.69, 9.17) is 4.74 Å². The molecule has 0 saturated carbocycles. The van der Waals surface area contributed by atoms with Gasteiger partial charge in [-0.2, -0.15) is 0 Å². The number of hydrogen-bond donors (Lipinski definition) is 1. The predicted molar refractivity (Wildman–Crippen MR) is 60.5 cm³/mol. The Balaban J connectivity index is 2.07. The van der Waals surface area contributed by atoms with E-state index in [0.717, 1.165) is 5.56 Å². The Labute approximate surface area is 93.7 Å². The van der Waals surface area contributed by atoms with Crippen molar-refractivity contribution in [2.45, 2.75) is 12.2 Å². The molecule has 2 rings (SSSR count). The van der Waals surface area contributed by atoms with Gasteiger partial charge in [-0.3, -0.25) is 0 Å². The lowest BCUT2D eigenvalue weighted by molar-refractivity contribution is -0.146. The predicted octanol–water partition coefficient (Wildman–Crippen LogP) is 1.54. The van der Waals surface area contributed by atoms with Crippen molar-refractivity contribution in [2.75, 3.05) is 0 Å². The topological polar surface area (TPSA) is 46.5 Å². The highest BCUT2D eigenvalue weighted by molar-refractivity contribution is 5.83. The first-order valence-corrected chi connectivity index (χ1v) is 5.06. The van der Waals surface area contributed by atoms with Crippen LogP contribution in [0.3, 0.4) is 0 Å². The number of esters is 1. The zero-order valence-corrected chi connectivity index (χ0v) is 8.61. The van der Waals surface area contributed by atoms with Gasteiger partial charge >= 0.3 is 5.97 Å². The van der Waals surface area contributed by atoms with Gasteiger partial charge in [-0.25, -0.2) is 4.79 Å². The fourth-order valence-electron chi connectivity index (χ4n) is 1.45. The number of cyclic esters (lactones) is 1. The Bertz CT molecular complexity index is 420. The first kappa shape index (κ1) is 10.6. The summed E-state index contributed by atoms with van der Waals surface area (Å²) in [4.78, 5) is 11.0. The van der Waals surface area contributed by atoms with E-state index in [-0.39, 0.29) is 0 Å². The van der Waals surface area contributed by atoms with E-state index in [0.29, 0.717) is 0 Å². The van der Waals surface area contributed by atoms with Crippen molar-refractivity contribution in [3.05, 3.63) is 54.1 Å². The van der Waals surface area contributed by atoms with Crippen LogP contribution in [0.25, 0.3) is 6.08 Å². The lowest BCUT2D eigenvalue weighted by Gasteiger charge is -2.20. The second-order valence-corrected chi connectivity index (χ2v) is 3.52. The molecule has 1 aliphatic rings. The fourth-order valence-corrected chi connectivity index (χ4v) is 1.45. The molecular formula is C13H12O3. The van der Waals surface area contributed by atoms with E-state index < -0.39 is 18.2 Å². The SMILES string of the molecule is O=C1C=C[C@H](O)[C@H](/C=C/c2ccccc2)O1. The first-order valence-electron chi connectivity index (χ1n) is 5.06. The van der Waals surface area contributed by atoms with Crippen LogP contribution in [0.4, 0.5) is 0 Å². The molecule has 3 heteroatoms. The third-order valence-corrected chi connectivity index (χ3v) is 2.30. The molecule has 0 aliphatic carbocycles. The average molecular weight is 216 g/mol. The smallest absolute Gasteiger partial charge is 0.331 e. The summed E-state index contributed by atoms with van der Waals surface area (Å²) in [5.41, 5.74) is 1.00. The number of carbonyl (C=O) groups excluding carboxylic acids is 1. The molecule has 1 heterocycles. The fraction of sp³-hybridized carbons (Fsp3) is 0.154. The van der Waals surface area contributed by atoms with Crippen molar-refractivity contribution in [3.8, 4) is 0 Å². The number of carbonyl (C=O) groups is 1. The summed E-state index contributed by atoms with van der Waals surface area (Å²) in [5.74, 6) is -0.423. The van der Waals surface area contributed by atoms with Gasteiger partial charge in [-0.1, -0.05) is 36.4 Å². The monoisotopic (exact) mass is 216 g/mol. The van der Waals surface area contributed by atoms with Crippen LogP contribution >= 0.6 is 0 Å². The van der Waals surface area contributed by atoms with Gasteiger partial charge in [0.1, 0.15) is 12.2 Å². The average Bonchev–Trinajstić information content (AvgIpc) is 2.32. The molecule has 1 aromatic rings. The maximum atomic E-state index is 11.0. The number of hydrogen-bond acceptors (Lipinski definition) is 3. The minimum Gasteiger partial charge on any atom is -0.452 e. The Morgan fingerprint density at radius 2 is 2.00 bits per heavy atom. The Hall–Kier alpha value is -1.87. The largest absolute Gasteiger partial charge is 0.452 e. The van der Waals surface area contributed by atoms with Gasteiger partial charge in [-0.05, 0) is 17.7 Å².